The Hall–Kier alpha value is -2.55. The van der Waals surface area contributed by atoms with Crippen LogP contribution in [0.3, 0.4) is 0 Å². The Morgan fingerprint density at radius 3 is 2.42 bits per heavy atom. The monoisotopic (exact) mass is 385 g/mol. The van der Waals surface area contributed by atoms with Crippen LogP contribution in [0, 0.1) is 0 Å². The van der Waals surface area contributed by atoms with Crippen molar-refractivity contribution in [3.8, 4) is 5.75 Å². The summed E-state index contributed by atoms with van der Waals surface area (Å²) in [5.74, 6) is 0.185. The number of aromatic nitrogens is 1. The Labute approximate surface area is 147 Å². The third-order valence-electron chi connectivity index (χ3n) is 3.78. The van der Waals surface area contributed by atoms with E-state index >= 15 is 0 Å². The molecule has 0 radical (unpaired) electrons. The van der Waals surface area contributed by atoms with Crippen LogP contribution in [0.5, 0.6) is 5.75 Å². The van der Waals surface area contributed by atoms with Gasteiger partial charge in [-0.15, -0.1) is 0 Å². The van der Waals surface area contributed by atoms with E-state index in [2.05, 4.69) is 0 Å². The van der Waals surface area contributed by atoms with E-state index in [1.165, 1.54) is 22.9 Å². The summed E-state index contributed by atoms with van der Waals surface area (Å²) in [5.41, 5.74) is -6.35. The van der Waals surface area contributed by atoms with Gasteiger partial charge in [-0.1, -0.05) is 6.07 Å². The lowest BCUT2D eigenvalue weighted by molar-refractivity contribution is -0.0436. The number of sulfone groups is 1. The predicted molar refractivity (Wildman–Crippen MR) is 88.5 cm³/mol. The van der Waals surface area contributed by atoms with Gasteiger partial charge in [-0.05, 0) is 44.2 Å². The predicted octanol–water partition coefficient (Wildman–Crippen LogP) is 3.20. The Balaban J connectivity index is 2.27. The number of hydrogen-bond acceptors (Lipinski definition) is 4. The maximum Gasteiger partial charge on any atom is 0.501 e. The van der Waals surface area contributed by atoms with Crippen LogP contribution in [0.4, 0.5) is 13.2 Å². The van der Waals surface area contributed by atoms with Gasteiger partial charge in [0, 0.05) is 17.8 Å². The first-order valence-corrected chi connectivity index (χ1v) is 8.96. The number of pyridine rings is 1. The molecule has 0 aliphatic carbocycles. The number of alkyl halides is 3. The summed E-state index contributed by atoms with van der Waals surface area (Å²) in [5, 5.41) is 0. The van der Waals surface area contributed by atoms with Crippen LogP contribution < -0.4 is 10.3 Å². The molecule has 0 saturated carbocycles. The quantitative estimate of drug-likeness (QED) is 0.796. The average Bonchev–Trinajstić information content (AvgIpc) is 2.52. The first-order chi connectivity index (χ1) is 11.9. The van der Waals surface area contributed by atoms with Gasteiger partial charge in [-0.2, -0.15) is 13.2 Å². The van der Waals surface area contributed by atoms with Crippen LogP contribution in [0.15, 0.2) is 58.4 Å². The lowest BCUT2D eigenvalue weighted by Gasteiger charge is -2.31. The van der Waals surface area contributed by atoms with E-state index in [1.54, 1.807) is 26.0 Å². The highest BCUT2D eigenvalue weighted by Gasteiger charge is 2.47. The fourth-order valence-electron chi connectivity index (χ4n) is 2.64. The fourth-order valence-corrected chi connectivity index (χ4v) is 3.43. The molecule has 26 heavy (non-hydrogen) atoms. The van der Waals surface area contributed by atoms with Crippen molar-refractivity contribution in [1.82, 2.24) is 4.57 Å². The van der Waals surface area contributed by atoms with E-state index in [0.717, 1.165) is 18.2 Å². The molecule has 0 fully saturated rings. The highest BCUT2D eigenvalue weighted by atomic mass is 32.2. The molecule has 0 N–H and O–H groups in total. The van der Waals surface area contributed by atoms with Crippen molar-refractivity contribution in [3.63, 3.8) is 0 Å². The maximum atomic E-state index is 12.9. The van der Waals surface area contributed by atoms with Gasteiger partial charge in [-0.3, -0.25) is 9.36 Å². The lowest BCUT2D eigenvalue weighted by atomic mass is 9.99. The molecule has 0 bridgehead atoms. The van der Waals surface area contributed by atoms with Crippen LogP contribution in [-0.4, -0.2) is 24.1 Å². The van der Waals surface area contributed by atoms with Gasteiger partial charge in [0.2, 0.25) is 0 Å². The minimum absolute atomic E-state index is 0.0861. The first kappa shape index (κ1) is 18.2. The summed E-state index contributed by atoms with van der Waals surface area (Å²) in [6.07, 6.45) is 3.00. The van der Waals surface area contributed by atoms with E-state index < -0.39 is 31.4 Å². The second-order valence-corrected chi connectivity index (χ2v) is 8.19. The number of benzene rings is 1. The molecule has 3 rings (SSSR count). The molecule has 1 aromatic heterocycles. The zero-order valence-electron chi connectivity index (χ0n) is 13.7. The van der Waals surface area contributed by atoms with Crippen molar-refractivity contribution >= 4 is 15.5 Å². The molecule has 1 aromatic carbocycles. The molecule has 0 unspecified atom stereocenters. The molecule has 1 aliphatic heterocycles. The van der Waals surface area contributed by atoms with Gasteiger partial charge in [-0.25, -0.2) is 8.42 Å². The minimum Gasteiger partial charge on any atom is -0.483 e. The molecule has 138 valence electrons. The summed E-state index contributed by atoms with van der Waals surface area (Å²) in [7, 11) is -5.52. The van der Waals surface area contributed by atoms with Gasteiger partial charge in [0.1, 0.15) is 11.4 Å². The lowest BCUT2D eigenvalue weighted by Crippen LogP contribution is -2.32. The second-order valence-electron chi connectivity index (χ2n) is 6.25. The van der Waals surface area contributed by atoms with E-state index in [4.69, 9.17) is 4.74 Å². The van der Waals surface area contributed by atoms with Crippen molar-refractivity contribution < 1.29 is 26.3 Å². The molecule has 0 spiro atoms. The van der Waals surface area contributed by atoms with Gasteiger partial charge in [0.25, 0.3) is 15.4 Å². The van der Waals surface area contributed by atoms with Gasteiger partial charge in [0.15, 0.2) is 0 Å². The van der Waals surface area contributed by atoms with Crippen LogP contribution >= 0.6 is 0 Å². The Bertz CT molecular complexity index is 1070. The summed E-state index contributed by atoms with van der Waals surface area (Å²) in [4.78, 5) is 11.2. The maximum absolute atomic E-state index is 12.9. The molecular formula is C17H14F3NO4S. The van der Waals surface area contributed by atoms with E-state index in [9.17, 15) is 26.4 Å². The van der Waals surface area contributed by atoms with Crippen LogP contribution in [0.2, 0.25) is 0 Å². The number of hydrogen-bond donors (Lipinski definition) is 0. The normalized spacial score (nSPS) is 16.4. The van der Waals surface area contributed by atoms with E-state index in [1.807, 2.05) is 0 Å². The Morgan fingerprint density at radius 2 is 1.81 bits per heavy atom. The average molecular weight is 385 g/mol. The highest BCUT2D eigenvalue weighted by Crippen LogP contribution is 2.39. The van der Waals surface area contributed by atoms with Crippen LogP contribution in [-0.2, 0) is 9.84 Å². The van der Waals surface area contributed by atoms with Crippen LogP contribution in [0.1, 0.15) is 19.4 Å². The number of halogens is 3. The largest absolute Gasteiger partial charge is 0.501 e. The molecule has 5 nitrogen and oxygen atoms in total. The van der Waals surface area contributed by atoms with E-state index in [0.29, 0.717) is 0 Å². The summed E-state index contributed by atoms with van der Waals surface area (Å²) in [6, 6.07) is 7.28. The zero-order valence-corrected chi connectivity index (χ0v) is 14.6. The van der Waals surface area contributed by atoms with Gasteiger partial charge >= 0.3 is 5.51 Å². The van der Waals surface area contributed by atoms with Crippen molar-refractivity contribution in [2.45, 2.75) is 29.9 Å². The van der Waals surface area contributed by atoms with Gasteiger partial charge < -0.3 is 4.74 Å². The molecule has 0 atom stereocenters. The van der Waals surface area contributed by atoms with Crippen molar-refractivity contribution in [2.24, 2.45) is 0 Å². The van der Waals surface area contributed by atoms with Gasteiger partial charge in [0.05, 0.1) is 10.6 Å². The first-order valence-electron chi connectivity index (χ1n) is 7.48. The molecule has 0 amide bonds. The number of ether oxygens (including phenoxy) is 1. The Kier molecular flexibility index (Phi) is 4.02. The smallest absolute Gasteiger partial charge is 0.483 e. The standard InChI is InChI=1S/C17H14F3NO4S/c1-16(2)10-13(21-8-4-3-5-15(21)22)12-9-11(6-7-14(12)25-16)26(23,24)17(18,19)20/h3-10H,1-2H3. The summed E-state index contributed by atoms with van der Waals surface area (Å²) in [6.45, 7) is 3.43. The summed E-state index contributed by atoms with van der Waals surface area (Å²) < 4.78 is 69.0. The number of fused-ring (bicyclic) bond motifs is 1. The zero-order chi connectivity index (χ0) is 19.3. The third kappa shape index (κ3) is 3.03. The second kappa shape index (κ2) is 5.73. The molecular weight excluding hydrogens is 371 g/mol. The van der Waals surface area contributed by atoms with Crippen LogP contribution in [0.25, 0.3) is 5.70 Å². The van der Waals surface area contributed by atoms with Crippen molar-refractivity contribution in [2.75, 3.05) is 0 Å². The molecule has 2 heterocycles. The topological polar surface area (TPSA) is 65.4 Å². The fraction of sp³-hybridized carbons (Fsp3) is 0.235. The molecule has 1 aliphatic rings. The summed E-state index contributed by atoms with van der Waals surface area (Å²) >= 11 is 0. The van der Waals surface area contributed by atoms with Crippen molar-refractivity contribution in [3.05, 3.63) is 64.6 Å². The SMILES string of the molecule is CC1(C)C=C(n2ccccc2=O)c2cc(S(=O)(=O)C(F)(F)F)ccc2O1. The number of nitrogens with zero attached hydrogens (tertiary/aromatic N) is 1. The highest BCUT2D eigenvalue weighted by molar-refractivity contribution is 7.92. The van der Waals surface area contributed by atoms with Crippen molar-refractivity contribution in [1.29, 1.82) is 0 Å². The Morgan fingerprint density at radius 1 is 1.12 bits per heavy atom. The molecule has 9 heteroatoms. The molecule has 0 saturated heterocycles. The van der Waals surface area contributed by atoms with E-state index in [-0.39, 0.29) is 17.0 Å². The third-order valence-corrected chi connectivity index (χ3v) is 5.27. The minimum atomic E-state index is -5.52. The number of rotatable bonds is 2. The molecule has 2 aromatic rings.